The van der Waals surface area contributed by atoms with Crippen LogP contribution in [0.15, 0.2) is 60.7 Å². The molecule has 48 heavy (non-hydrogen) atoms. The van der Waals surface area contributed by atoms with Crippen LogP contribution in [0, 0.1) is 72.0 Å². The largest absolute Gasteiger partial charge is 0.203 e. The third kappa shape index (κ3) is 7.47. The van der Waals surface area contributed by atoms with E-state index in [1.54, 1.807) is 50.2 Å². The van der Waals surface area contributed by atoms with Gasteiger partial charge in [0.2, 0.25) is 11.6 Å². The summed E-state index contributed by atoms with van der Waals surface area (Å²) in [6, 6.07) is 15.9. The normalized spacial score (nSPS) is 10.9. The fourth-order valence-electron chi connectivity index (χ4n) is 4.89. The van der Waals surface area contributed by atoms with Gasteiger partial charge in [-0.1, -0.05) is 37.1 Å². The Balaban J connectivity index is 0.000000186. The van der Waals surface area contributed by atoms with Gasteiger partial charge in [0.25, 0.3) is 0 Å². The van der Waals surface area contributed by atoms with Crippen molar-refractivity contribution >= 4 is 44.0 Å². The first-order chi connectivity index (χ1) is 22.5. The molecule has 0 heterocycles. The summed E-state index contributed by atoms with van der Waals surface area (Å²) in [7, 11) is 11.2. The molecule has 0 saturated carbocycles. The summed E-state index contributed by atoms with van der Waals surface area (Å²) >= 11 is -1.65. The van der Waals surface area contributed by atoms with Crippen molar-refractivity contribution < 1.29 is 61.9 Å². The molecular weight excluding hydrogens is 789 g/mol. The van der Waals surface area contributed by atoms with E-state index < -0.39 is 87.3 Å². The zero-order valence-corrected chi connectivity index (χ0v) is 30.3. The molecule has 6 rings (SSSR count). The number of fused-ring (bicyclic) bond motifs is 2. The summed E-state index contributed by atoms with van der Waals surface area (Å²) in [5.74, 6) is -19.4. The summed E-state index contributed by atoms with van der Waals surface area (Å²) < 4.78 is 135. The molecule has 0 fully saturated rings. The molecule has 6 aromatic rings. The molecule has 6 aromatic carbocycles. The predicted octanol–water partition coefficient (Wildman–Crippen LogP) is 12.6. The molecule has 0 bridgehead atoms. The Morgan fingerprint density at radius 3 is 1.04 bits per heavy atom. The minimum absolute atomic E-state index is 0.0200. The first-order valence-electron chi connectivity index (χ1n) is 13.8. The maximum absolute atomic E-state index is 13.9. The monoisotopic (exact) mass is 808 g/mol. The molecule has 0 amide bonds. The number of aryl methyl sites for hydroxylation is 2. The van der Waals surface area contributed by atoms with Gasteiger partial charge in [0.1, 0.15) is 0 Å². The predicted molar refractivity (Wildman–Crippen MR) is 168 cm³/mol. The van der Waals surface area contributed by atoms with Gasteiger partial charge in [-0.05, 0) is 0 Å². The van der Waals surface area contributed by atoms with Gasteiger partial charge in [-0.2, -0.15) is 12.1 Å². The standard InChI is InChI=1S/2C16H8F5.C2H6Si.2ClH.Zr/c2*1-7-5-8-3-2-4-9(10(8)6-7)11-12(17)14(19)16(21)15(20)13(11)18;1-3-2;;;/h2*2-6H,1H3;1-2H3;2*1H;/q2*-1;;;;+2/p-2. The molecular formula is C34H22Cl2F10SiZr-2. The minimum Gasteiger partial charge on any atom is -0.203 e. The molecule has 0 unspecified atom stereocenters. The van der Waals surface area contributed by atoms with Crippen molar-refractivity contribution in [3.05, 3.63) is 130 Å². The van der Waals surface area contributed by atoms with E-state index in [0.717, 1.165) is 11.1 Å². The quantitative estimate of drug-likeness (QED) is 0.0537. The van der Waals surface area contributed by atoms with Crippen LogP contribution in [0.1, 0.15) is 11.1 Å². The molecule has 252 valence electrons. The van der Waals surface area contributed by atoms with Gasteiger partial charge in [-0.25, -0.2) is 43.9 Å². The van der Waals surface area contributed by atoms with E-state index in [1.807, 2.05) is 0 Å². The number of benzene rings is 4. The molecule has 0 atom stereocenters. The second kappa shape index (κ2) is 15.3. The molecule has 0 N–H and O–H groups in total. The minimum atomic E-state index is -2.15. The Kier molecular flexibility index (Phi) is 12.1. The van der Waals surface area contributed by atoms with Crippen LogP contribution in [-0.2, 0) is 18.0 Å². The Bertz CT molecular complexity index is 2000. The average molecular weight is 811 g/mol. The fourth-order valence-corrected chi connectivity index (χ4v) is 4.89. The van der Waals surface area contributed by atoms with E-state index in [4.69, 9.17) is 17.0 Å². The molecule has 0 aromatic heterocycles. The van der Waals surface area contributed by atoms with Crippen molar-refractivity contribution in [2.75, 3.05) is 0 Å². The molecule has 0 saturated heterocycles. The van der Waals surface area contributed by atoms with Crippen LogP contribution in [-0.4, -0.2) is 5.43 Å². The zero-order valence-electron chi connectivity index (χ0n) is 25.3. The van der Waals surface area contributed by atoms with Crippen molar-refractivity contribution in [1.29, 1.82) is 0 Å². The smallest absolute Gasteiger partial charge is 0.200 e. The van der Waals surface area contributed by atoms with Crippen LogP contribution >= 0.6 is 17.0 Å². The Morgan fingerprint density at radius 1 is 0.500 bits per heavy atom. The van der Waals surface area contributed by atoms with Gasteiger partial charge >= 0.3 is 53.5 Å². The third-order valence-corrected chi connectivity index (χ3v) is 26.9. The van der Waals surface area contributed by atoms with E-state index in [-0.39, 0.29) is 16.6 Å². The first kappa shape index (κ1) is 37.9. The molecule has 14 heteroatoms. The van der Waals surface area contributed by atoms with Crippen molar-refractivity contribution in [3.63, 3.8) is 0 Å². The third-order valence-electron chi connectivity index (χ3n) is 7.13. The van der Waals surface area contributed by atoms with E-state index in [9.17, 15) is 43.9 Å². The van der Waals surface area contributed by atoms with E-state index in [2.05, 4.69) is 13.1 Å². The van der Waals surface area contributed by atoms with Crippen LogP contribution in [0.2, 0.25) is 13.1 Å². The summed E-state index contributed by atoms with van der Waals surface area (Å²) in [6.07, 6.45) is 0. The van der Waals surface area contributed by atoms with Crippen molar-refractivity contribution in [1.82, 2.24) is 0 Å². The van der Waals surface area contributed by atoms with Crippen molar-refractivity contribution in [2.24, 2.45) is 0 Å². The SMILES string of the molecule is C[Si](C)=[Zr]([Cl])[Cl].Cc1cc2c(-c3c(F)c(F)c(F)c(F)c3F)cccc2[cH-]1.Cc1cc2c(-c3c(F)c(F)c(F)c(F)c3F)cccc2[cH-]1. The number of rotatable bonds is 2. The number of hydrogen-bond acceptors (Lipinski definition) is 0. The van der Waals surface area contributed by atoms with Crippen molar-refractivity contribution in [3.8, 4) is 22.3 Å². The Morgan fingerprint density at radius 2 is 0.771 bits per heavy atom. The van der Waals surface area contributed by atoms with Crippen LogP contribution < -0.4 is 0 Å². The van der Waals surface area contributed by atoms with E-state index >= 15 is 0 Å². The van der Waals surface area contributed by atoms with Gasteiger partial charge in [-0.15, -0.1) is 69.1 Å². The molecule has 0 nitrogen and oxygen atoms in total. The molecule has 0 aliphatic heterocycles. The van der Waals surface area contributed by atoms with E-state index in [1.165, 1.54) is 24.3 Å². The molecule has 0 aliphatic carbocycles. The zero-order chi connectivity index (χ0) is 35.8. The average Bonchev–Trinajstić information content (AvgIpc) is 3.63. The van der Waals surface area contributed by atoms with Gasteiger partial charge in [0.05, 0.1) is 11.1 Å². The van der Waals surface area contributed by atoms with Crippen LogP contribution in [0.25, 0.3) is 43.8 Å². The molecule has 0 radical (unpaired) electrons. The van der Waals surface area contributed by atoms with Gasteiger partial charge in [-0.3, -0.25) is 0 Å². The topological polar surface area (TPSA) is 0 Å². The van der Waals surface area contributed by atoms with Gasteiger partial charge in [0.15, 0.2) is 46.5 Å². The fraction of sp³-hybridized carbons (Fsp3) is 0.118. The summed E-state index contributed by atoms with van der Waals surface area (Å²) in [5, 5.41) is 2.24. The summed E-state index contributed by atoms with van der Waals surface area (Å²) in [4.78, 5) is 0. The maximum Gasteiger partial charge on any atom is 0.200 e. The van der Waals surface area contributed by atoms with E-state index in [0.29, 0.717) is 21.5 Å². The summed E-state index contributed by atoms with van der Waals surface area (Å²) in [6.45, 7) is 7.89. The van der Waals surface area contributed by atoms with Crippen LogP contribution in [0.3, 0.4) is 0 Å². The second-order valence-corrected chi connectivity index (χ2v) is 33.8. The Labute approximate surface area is 283 Å². The Hall–Kier alpha value is -2.92. The van der Waals surface area contributed by atoms with Crippen LogP contribution in [0.4, 0.5) is 43.9 Å². The maximum atomic E-state index is 13.9. The van der Waals surface area contributed by atoms with Gasteiger partial charge in [0, 0.05) is 0 Å². The van der Waals surface area contributed by atoms with Crippen LogP contribution in [0.5, 0.6) is 0 Å². The number of hydrogen-bond donors (Lipinski definition) is 0. The van der Waals surface area contributed by atoms with Crippen molar-refractivity contribution in [2.45, 2.75) is 26.9 Å². The molecule has 0 spiro atoms. The second-order valence-electron chi connectivity index (χ2n) is 10.8. The number of halogens is 12. The molecule has 0 aliphatic rings. The first-order valence-corrected chi connectivity index (χ1v) is 26.3. The van der Waals surface area contributed by atoms with Gasteiger partial charge < -0.3 is 0 Å². The summed E-state index contributed by atoms with van der Waals surface area (Å²) in [5.41, 5.74) is -0.396.